The fourth-order valence-corrected chi connectivity index (χ4v) is 2.96. The van der Waals surface area contributed by atoms with Crippen LogP contribution in [0.5, 0.6) is 0 Å². The summed E-state index contributed by atoms with van der Waals surface area (Å²) in [5, 5.41) is 0. The van der Waals surface area contributed by atoms with Gasteiger partial charge in [-0.25, -0.2) is 15.0 Å². The number of rotatable bonds is 3. The maximum absolute atomic E-state index is 12.7. The number of carbonyl (C=O) groups is 1. The number of nitrogens with two attached hydrogens (primary N) is 1. The highest BCUT2D eigenvalue weighted by Crippen LogP contribution is 2.26. The monoisotopic (exact) mass is 326 g/mol. The maximum atomic E-state index is 12.7. The number of pyridine rings is 1. The molecule has 1 amide bonds. The number of hydrogen-bond donors (Lipinski definition) is 1. The van der Waals surface area contributed by atoms with Crippen LogP contribution in [0.4, 0.5) is 11.6 Å². The van der Waals surface area contributed by atoms with Crippen LogP contribution in [0.2, 0.25) is 0 Å². The molecule has 2 N–H and O–H groups in total. The van der Waals surface area contributed by atoms with Crippen molar-refractivity contribution in [3.05, 3.63) is 42.0 Å². The van der Waals surface area contributed by atoms with Crippen molar-refractivity contribution in [3.63, 3.8) is 0 Å². The third-order valence-electron chi connectivity index (χ3n) is 4.31. The summed E-state index contributed by atoms with van der Waals surface area (Å²) in [5.74, 6) is 0.429. The quantitative estimate of drug-likeness (QED) is 0.920. The molecule has 24 heavy (non-hydrogen) atoms. The minimum atomic E-state index is -0.0352. The van der Waals surface area contributed by atoms with Gasteiger partial charge in [-0.05, 0) is 31.0 Å². The number of aromatic nitrogens is 3. The topological polar surface area (TPSA) is 88.2 Å². The number of hydrogen-bond acceptors (Lipinski definition) is 6. The van der Waals surface area contributed by atoms with Gasteiger partial charge in [0.05, 0.1) is 17.6 Å². The molecule has 3 heterocycles. The molecular weight excluding hydrogens is 304 g/mol. The zero-order chi connectivity index (χ0) is 17.1. The van der Waals surface area contributed by atoms with E-state index >= 15 is 0 Å². The van der Waals surface area contributed by atoms with Gasteiger partial charge in [-0.1, -0.05) is 0 Å². The molecule has 1 aliphatic heterocycles. The van der Waals surface area contributed by atoms with Gasteiger partial charge in [0.25, 0.3) is 5.91 Å². The van der Waals surface area contributed by atoms with E-state index in [0.717, 1.165) is 30.8 Å². The number of piperidine rings is 1. The first kappa shape index (κ1) is 16.2. The Labute approximate surface area is 141 Å². The highest BCUT2D eigenvalue weighted by molar-refractivity contribution is 5.92. The average molecular weight is 326 g/mol. The van der Waals surface area contributed by atoms with Gasteiger partial charge in [0.2, 0.25) is 5.95 Å². The third kappa shape index (κ3) is 3.45. The fourth-order valence-electron chi connectivity index (χ4n) is 2.96. The maximum Gasteiger partial charge on any atom is 0.272 e. The Morgan fingerprint density at radius 2 is 2.12 bits per heavy atom. The molecule has 0 radical (unpaired) electrons. The SMILES string of the molecule is CN(C)c1ccc(C(=O)N2CCCC(c3ccnc(N)n3)C2)nc1. The highest BCUT2D eigenvalue weighted by atomic mass is 16.2. The summed E-state index contributed by atoms with van der Waals surface area (Å²) in [7, 11) is 3.89. The third-order valence-corrected chi connectivity index (χ3v) is 4.31. The second kappa shape index (κ2) is 6.82. The minimum Gasteiger partial charge on any atom is -0.376 e. The van der Waals surface area contributed by atoms with Gasteiger partial charge in [-0.3, -0.25) is 4.79 Å². The Hall–Kier alpha value is -2.70. The fraction of sp³-hybridized carbons (Fsp3) is 0.412. The summed E-state index contributed by atoms with van der Waals surface area (Å²) in [6.45, 7) is 1.37. The Morgan fingerprint density at radius 3 is 2.79 bits per heavy atom. The Morgan fingerprint density at radius 1 is 1.29 bits per heavy atom. The van der Waals surface area contributed by atoms with Gasteiger partial charge in [0.15, 0.2) is 0 Å². The van der Waals surface area contributed by atoms with Gasteiger partial charge in [0.1, 0.15) is 5.69 Å². The van der Waals surface area contributed by atoms with Gasteiger partial charge >= 0.3 is 0 Å². The molecule has 2 aromatic heterocycles. The number of carbonyl (C=O) groups excluding carboxylic acids is 1. The largest absolute Gasteiger partial charge is 0.376 e. The molecule has 1 aliphatic rings. The molecule has 1 atom stereocenters. The average Bonchev–Trinajstić information content (AvgIpc) is 2.61. The lowest BCUT2D eigenvalue weighted by Crippen LogP contribution is -2.39. The van der Waals surface area contributed by atoms with Crippen LogP contribution in [0.3, 0.4) is 0 Å². The predicted molar refractivity (Wildman–Crippen MR) is 92.9 cm³/mol. The van der Waals surface area contributed by atoms with Gasteiger partial charge < -0.3 is 15.5 Å². The van der Waals surface area contributed by atoms with Gasteiger partial charge in [-0.2, -0.15) is 0 Å². The van der Waals surface area contributed by atoms with E-state index in [2.05, 4.69) is 15.0 Å². The smallest absolute Gasteiger partial charge is 0.272 e. The number of likely N-dealkylation sites (tertiary alicyclic amines) is 1. The Kier molecular flexibility index (Phi) is 4.59. The van der Waals surface area contributed by atoms with Crippen molar-refractivity contribution in [2.45, 2.75) is 18.8 Å². The first-order chi connectivity index (χ1) is 11.5. The predicted octanol–water partition coefficient (Wildman–Crippen LogP) is 1.54. The summed E-state index contributed by atoms with van der Waals surface area (Å²) >= 11 is 0. The molecule has 0 saturated carbocycles. The Balaban J connectivity index is 1.73. The molecule has 126 valence electrons. The van der Waals surface area contributed by atoms with E-state index in [9.17, 15) is 4.79 Å². The van der Waals surface area contributed by atoms with Crippen LogP contribution in [0, 0.1) is 0 Å². The van der Waals surface area contributed by atoms with Crippen molar-refractivity contribution in [2.75, 3.05) is 37.8 Å². The van der Waals surface area contributed by atoms with Gasteiger partial charge in [-0.15, -0.1) is 0 Å². The zero-order valence-electron chi connectivity index (χ0n) is 14.0. The van der Waals surface area contributed by atoms with Crippen molar-refractivity contribution < 1.29 is 4.79 Å². The molecule has 1 fully saturated rings. The second-order valence-corrected chi connectivity index (χ2v) is 6.23. The Bertz CT molecular complexity index is 715. The van der Waals surface area contributed by atoms with Crippen molar-refractivity contribution in [2.24, 2.45) is 0 Å². The molecule has 2 aromatic rings. The van der Waals surface area contributed by atoms with E-state index in [1.165, 1.54) is 0 Å². The summed E-state index contributed by atoms with van der Waals surface area (Å²) in [6.07, 6.45) is 5.32. The second-order valence-electron chi connectivity index (χ2n) is 6.23. The van der Waals surface area contributed by atoms with Crippen LogP contribution >= 0.6 is 0 Å². The summed E-state index contributed by atoms with van der Waals surface area (Å²) in [6, 6.07) is 5.57. The van der Waals surface area contributed by atoms with Gasteiger partial charge in [0, 0.05) is 39.3 Å². The van der Waals surface area contributed by atoms with Crippen LogP contribution in [-0.4, -0.2) is 52.9 Å². The molecule has 1 unspecified atom stereocenters. The first-order valence-electron chi connectivity index (χ1n) is 8.05. The molecule has 0 aromatic carbocycles. The number of nitrogen functional groups attached to an aromatic ring is 1. The first-order valence-corrected chi connectivity index (χ1v) is 8.05. The van der Waals surface area contributed by atoms with Crippen molar-refractivity contribution >= 4 is 17.5 Å². The van der Waals surface area contributed by atoms with E-state index in [1.54, 1.807) is 18.5 Å². The van der Waals surface area contributed by atoms with E-state index in [4.69, 9.17) is 5.73 Å². The molecule has 7 heteroatoms. The standard InChI is InChI=1S/C17H22N6O/c1-22(2)13-5-6-15(20-10-13)16(24)23-9-3-4-12(11-23)14-7-8-19-17(18)21-14/h5-8,10,12H,3-4,9,11H2,1-2H3,(H2,18,19,21). The van der Waals surface area contributed by atoms with Crippen LogP contribution in [0.1, 0.15) is 34.9 Å². The highest BCUT2D eigenvalue weighted by Gasteiger charge is 2.27. The molecule has 3 rings (SSSR count). The molecule has 0 aliphatic carbocycles. The van der Waals surface area contributed by atoms with Crippen LogP contribution < -0.4 is 10.6 Å². The van der Waals surface area contributed by atoms with Crippen molar-refractivity contribution in [3.8, 4) is 0 Å². The molecule has 7 nitrogen and oxygen atoms in total. The number of amides is 1. The van der Waals surface area contributed by atoms with Crippen molar-refractivity contribution in [1.29, 1.82) is 0 Å². The van der Waals surface area contributed by atoms with E-state index in [-0.39, 0.29) is 17.8 Å². The summed E-state index contributed by atoms with van der Waals surface area (Å²) < 4.78 is 0. The number of nitrogens with zero attached hydrogens (tertiary/aromatic N) is 5. The molecule has 1 saturated heterocycles. The zero-order valence-corrected chi connectivity index (χ0v) is 14.0. The van der Waals surface area contributed by atoms with Crippen LogP contribution in [0.15, 0.2) is 30.6 Å². The lowest BCUT2D eigenvalue weighted by atomic mass is 9.94. The molecule has 0 bridgehead atoms. The summed E-state index contributed by atoms with van der Waals surface area (Å²) in [5.41, 5.74) is 8.02. The minimum absolute atomic E-state index is 0.0352. The van der Waals surface area contributed by atoms with Crippen LogP contribution in [-0.2, 0) is 0 Å². The number of anilines is 2. The lowest BCUT2D eigenvalue weighted by molar-refractivity contribution is 0.0700. The van der Waals surface area contributed by atoms with Crippen molar-refractivity contribution in [1.82, 2.24) is 19.9 Å². The summed E-state index contributed by atoms with van der Waals surface area (Å²) in [4.78, 5) is 29.1. The molecule has 0 spiro atoms. The van der Waals surface area contributed by atoms with E-state index < -0.39 is 0 Å². The van der Waals surface area contributed by atoms with E-state index in [0.29, 0.717) is 12.2 Å². The lowest BCUT2D eigenvalue weighted by Gasteiger charge is -2.32. The normalized spacial score (nSPS) is 17.6. The van der Waals surface area contributed by atoms with Crippen LogP contribution in [0.25, 0.3) is 0 Å². The molecular formula is C17H22N6O. The van der Waals surface area contributed by atoms with E-state index in [1.807, 2.05) is 36.0 Å².